The standard InChI is InChI=1S/C13H15N3O3/c1-8-14-9(2)16(15-8)7-10-4-5-11(13(17)18)12(6-10)19-3/h4-6H,7H2,1-3H3,(H,17,18). The van der Waals surface area contributed by atoms with E-state index in [1.54, 1.807) is 16.8 Å². The highest BCUT2D eigenvalue weighted by atomic mass is 16.5. The highest BCUT2D eigenvalue weighted by Gasteiger charge is 2.12. The van der Waals surface area contributed by atoms with E-state index in [-0.39, 0.29) is 5.56 Å². The third-order valence-electron chi connectivity index (χ3n) is 2.79. The van der Waals surface area contributed by atoms with Crippen LogP contribution >= 0.6 is 0 Å². The minimum Gasteiger partial charge on any atom is -0.496 e. The van der Waals surface area contributed by atoms with E-state index in [4.69, 9.17) is 9.84 Å². The molecule has 0 saturated carbocycles. The molecule has 0 aliphatic rings. The summed E-state index contributed by atoms with van der Waals surface area (Å²) >= 11 is 0. The second-order valence-corrected chi connectivity index (χ2v) is 4.20. The van der Waals surface area contributed by atoms with Crippen molar-refractivity contribution in [2.75, 3.05) is 7.11 Å². The van der Waals surface area contributed by atoms with Gasteiger partial charge in [0, 0.05) is 0 Å². The van der Waals surface area contributed by atoms with Crippen molar-refractivity contribution < 1.29 is 14.6 Å². The summed E-state index contributed by atoms with van der Waals surface area (Å²) in [6.07, 6.45) is 0. The highest BCUT2D eigenvalue weighted by molar-refractivity contribution is 5.90. The zero-order chi connectivity index (χ0) is 14.0. The van der Waals surface area contributed by atoms with Gasteiger partial charge < -0.3 is 9.84 Å². The minimum atomic E-state index is -1.00. The molecule has 2 aromatic rings. The van der Waals surface area contributed by atoms with Gasteiger partial charge in [-0.25, -0.2) is 14.5 Å². The fourth-order valence-corrected chi connectivity index (χ4v) is 1.89. The van der Waals surface area contributed by atoms with Crippen LogP contribution < -0.4 is 4.74 Å². The zero-order valence-corrected chi connectivity index (χ0v) is 11.0. The molecule has 0 fully saturated rings. The summed E-state index contributed by atoms with van der Waals surface area (Å²) in [5.41, 5.74) is 1.06. The number of hydrogen-bond acceptors (Lipinski definition) is 4. The largest absolute Gasteiger partial charge is 0.496 e. The topological polar surface area (TPSA) is 77.2 Å². The normalized spacial score (nSPS) is 10.5. The smallest absolute Gasteiger partial charge is 0.339 e. The molecule has 0 unspecified atom stereocenters. The Morgan fingerprint density at radius 1 is 1.42 bits per heavy atom. The van der Waals surface area contributed by atoms with E-state index in [0.29, 0.717) is 18.1 Å². The second-order valence-electron chi connectivity index (χ2n) is 4.20. The minimum absolute atomic E-state index is 0.151. The molecule has 1 aromatic heterocycles. The molecule has 0 atom stereocenters. The molecule has 1 N–H and O–H groups in total. The van der Waals surface area contributed by atoms with Gasteiger partial charge in [-0.3, -0.25) is 0 Å². The van der Waals surface area contributed by atoms with Crippen LogP contribution in [0.1, 0.15) is 27.6 Å². The van der Waals surface area contributed by atoms with Crippen LogP contribution in [0.25, 0.3) is 0 Å². The number of carboxylic acids is 1. The number of aromatic nitrogens is 3. The van der Waals surface area contributed by atoms with Gasteiger partial charge in [0.05, 0.1) is 13.7 Å². The van der Waals surface area contributed by atoms with Crippen molar-refractivity contribution in [2.45, 2.75) is 20.4 Å². The number of benzene rings is 1. The molecule has 6 heteroatoms. The monoisotopic (exact) mass is 261 g/mol. The van der Waals surface area contributed by atoms with Crippen LogP contribution in [-0.4, -0.2) is 33.0 Å². The van der Waals surface area contributed by atoms with Gasteiger partial charge in [-0.1, -0.05) is 6.07 Å². The Bertz CT molecular complexity index is 620. The Morgan fingerprint density at radius 2 is 2.16 bits per heavy atom. The molecule has 0 aliphatic carbocycles. The average molecular weight is 261 g/mol. The van der Waals surface area contributed by atoms with E-state index in [9.17, 15) is 4.79 Å². The lowest BCUT2D eigenvalue weighted by Gasteiger charge is -2.08. The van der Waals surface area contributed by atoms with Crippen molar-refractivity contribution >= 4 is 5.97 Å². The molecular weight excluding hydrogens is 246 g/mol. The maximum atomic E-state index is 11.0. The maximum Gasteiger partial charge on any atom is 0.339 e. The van der Waals surface area contributed by atoms with E-state index in [1.807, 2.05) is 13.8 Å². The zero-order valence-electron chi connectivity index (χ0n) is 11.0. The van der Waals surface area contributed by atoms with Gasteiger partial charge in [-0.15, -0.1) is 0 Å². The van der Waals surface area contributed by atoms with Crippen LogP contribution in [0.5, 0.6) is 5.75 Å². The number of carbonyl (C=O) groups is 1. The molecule has 0 spiro atoms. The summed E-state index contributed by atoms with van der Waals surface area (Å²) in [5, 5.41) is 13.3. The van der Waals surface area contributed by atoms with E-state index in [2.05, 4.69) is 10.1 Å². The van der Waals surface area contributed by atoms with Gasteiger partial charge in [0.2, 0.25) is 0 Å². The van der Waals surface area contributed by atoms with Gasteiger partial charge in [0.15, 0.2) is 0 Å². The highest BCUT2D eigenvalue weighted by Crippen LogP contribution is 2.20. The molecule has 1 aromatic carbocycles. The van der Waals surface area contributed by atoms with Crippen molar-refractivity contribution in [3.05, 3.63) is 41.0 Å². The summed E-state index contributed by atoms with van der Waals surface area (Å²) in [7, 11) is 1.45. The predicted octanol–water partition coefficient (Wildman–Crippen LogP) is 1.65. The van der Waals surface area contributed by atoms with Crippen molar-refractivity contribution in [1.82, 2.24) is 14.8 Å². The van der Waals surface area contributed by atoms with Crippen LogP contribution in [0, 0.1) is 13.8 Å². The Hall–Kier alpha value is -2.37. The Labute approximate surface area is 110 Å². The Balaban J connectivity index is 2.31. The molecule has 6 nitrogen and oxygen atoms in total. The lowest BCUT2D eigenvalue weighted by molar-refractivity contribution is 0.0693. The first-order chi connectivity index (χ1) is 9.01. The average Bonchev–Trinajstić information content (AvgIpc) is 2.67. The van der Waals surface area contributed by atoms with Gasteiger partial charge in [0.1, 0.15) is 23.0 Å². The summed E-state index contributed by atoms with van der Waals surface area (Å²) in [6, 6.07) is 5.00. The number of rotatable bonds is 4. The van der Waals surface area contributed by atoms with E-state index >= 15 is 0 Å². The third-order valence-corrected chi connectivity index (χ3v) is 2.79. The van der Waals surface area contributed by atoms with Gasteiger partial charge in [0.25, 0.3) is 0 Å². The lowest BCUT2D eigenvalue weighted by atomic mass is 10.1. The van der Waals surface area contributed by atoms with E-state index < -0.39 is 5.97 Å². The van der Waals surface area contributed by atoms with Crippen molar-refractivity contribution in [3.63, 3.8) is 0 Å². The second kappa shape index (κ2) is 5.09. The summed E-state index contributed by atoms with van der Waals surface area (Å²) in [6.45, 7) is 4.24. The quantitative estimate of drug-likeness (QED) is 0.905. The summed E-state index contributed by atoms with van der Waals surface area (Å²) < 4.78 is 6.86. The molecular formula is C13H15N3O3. The fraction of sp³-hybridized carbons (Fsp3) is 0.308. The predicted molar refractivity (Wildman–Crippen MR) is 68.6 cm³/mol. The van der Waals surface area contributed by atoms with E-state index in [0.717, 1.165) is 11.4 Å². The molecule has 0 bridgehead atoms. The molecule has 1 heterocycles. The third kappa shape index (κ3) is 2.73. The van der Waals surface area contributed by atoms with Crippen molar-refractivity contribution in [1.29, 1.82) is 0 Å². The van der Waals surface area contributed by atoms with Crippen LogP contribution in [0.15, 0.2) is 18.2 Å². The molecule has 19 heavy (non-hydrogen) atoms. The lowest BCUT2D eigenvalue weighted by Crippen LogP contribution is -2.06. The van der Waals surface area contributed by atoms with Crippen LogP contribution in [0.4, 0.5) is 0 Å². The first-order valence-corrected chi connectivity index (χ1v) is 5.79. The van der Waals surface area contributed by atoms with Gasteiger partial charge in [-0.05, 0) is 31.5 Å². The maximum absolute atomic E-state index is 11.0. The number of nitrogens with zero attached hydrogens (tertiary/aromatic N) is 3. The molecule has 2 rings (SSSR count). The van der Waals surface area contributed by atoms with Crippen LogP contribution in [0.3, 0.4) is 0 Å². The molecule has 0 amide bonds. The van der Waals surface area contributed by atoms with Crippen molar-refractivity contribution in [2.24, 2.45) is 0 Å². The van der Waals surface area contributed by atoms with Crippen LogP contribution in [-0.2, 0) is 6.54 Å². The Morgan fingerprint density at radius 3 is 2.68 bits per heavy atom. The fourth-order valence-electron chi connectivity index (χ4n) is 1.89. The number of methoxy groups -OCH3 is 1. The SMILES string of the molecule is COc1cc(Cn2nc(C)nc2C)ccc1C(=O)O. The first-order valence-electron chi connectivity index (χ1n) is 5.79. The molecule has 0 aliphatic heterocycles. The van der Waals surface area contributed by atoms with Gasteiger partial charge >= 0.3 is 5.97 Å². The molecule has 0 saturated heterocycles. The van der Waals surface area contributed by atoms with Crippen molar-refractivity contribution in [3.8, 4) is 5.75 Å². The molecule has 100 valence electrons. The summed E-state index contributed by atoms with van der Waals surface area (Å²) in [4.78, 5) is 15.2. The number of hydrogen-bond donors (Lipinski definition) is 1. The van der Waals surface area contributed by atoms with Crippen LogP contribution in [0.2, 0.25) is 0 Å². The van der Waals surface area contributed by atoms with E-state index in [1.165, 1.54) is 13.2 Å². The first kappa shape index (κ1) is 13.1. The van der Waals surface area contributed by atoms with Gasteiger partial charge in [-0.2, -0.15) is 5.10 Å². The number of aryl methyl sites for hydroxylation is 2. The Kier molecular flexibility index (Phi) is 3.50. The number of carboxylic acid groups (broad SMARTS) is 1. The number of ether oxygens (including phenoxy) is 1. The molecule has 0 radical (unpaired) electrons. The number of aromatic carboxylic acids is 1. The summed E-state index contributed by atoms with van der Waals surface area (Å²) in [5.74, 6) is 0.876.